The molecule has 0 aromatic heterocycles. The lowest BCUT2D eigenvalue weighted by molar-refractivity contribution is -0.116. The summed E-state index contributed by atoms with van der Waals surface area (Å²) in [6, 6.07) is 11.5. The number of carbonyl (C=O) groups excluding carboxylic acids is 2. The first kappa shape index (κ1) is 14.7. The molecule has 0 heterocycles. The van der Waals surface area contributed by atoms with Gasteiger partial charge in [0.1, 0.15) is 11.6 Å². The normalized spacial score (nSPS) is 10.1. The average Bonchev–Trinajstić information content (AvgIpc) is 2.48. The zero-order valence-corrected chi connectivity index (χ0v) is 11.2. The maximum atomic E-state index is 12.7. The molecule has 21 heavy (non-hydrogen) atoms. The highest BCUT2D eigenvalue weighted by Gasteiger charge is 2.10. The molecule has 0 aliphatic heterocycles. The van der Waals surface area contributed by atoms with Crippen LogP contribution in [0.25, 0.3) is 0 Å². The molecule has 0 atom stereocenters. The second-order valence-electron chi connectivity index (χ2n) is 4.50. The van der Waals surface area contributed by atoms with E-state index >= 15 is 0 Å². The summed E-state index contributed by atoms with van der Waals surface area (Å²) in [5.74, 6) is -1.05. The van der Waals surface area contributed by atoms with Crippen LogP contribution in [0, 0.1) is 5.82 Å². The van der Waals surface area contributed by atoms with Crippen LogP contribution < -0.4 is 5.32 Å². The minimum atomic E-state index is -0.413. The molecule has 0 saturated carbocycles. The molecule has 0 saturated heterocycles. The van der Waals surface area contributed by atoms with E-state index in [4.69, 9.17) is 0 Å². The number of hydrogen-bond donors (Lipinski definition) is 2. The van der Waals surface area contributed by atoms with Gasteiger partial charge in [-0.15, -0.1) is 0 Å². The van der Waals surface area contributed by atoms with Crippen molar-refractivity contribution in [2.75, 3.05) is 5.32 Å². The van der Waals surface area contributed by atoms with Crippen molar-refractivity contribution < 1.29 is 19.1 Å². The van der Waals surface area contributed by atoms with Crippen molar-refractivity contribution in [3.05, 3.63) is 59.9 Å². The van der Waals surface area contributed by atoms with Crippen molar-refractivity contribution >= 4 is 17.4 Å². The summed E-state index contributed by atoms with van der Waals surface area (Å²) in [6.45, 7) is 0. The van der Waals surface area contributed by atoms with Crippen molar-refractivity contribution in [2.24, 2.45) is 0 Å². The van der Waals surface area contributed by atoms with Gasteiger partial charge >= 0.3 is 0 Å². The summed E-state index contributed by atoms with van der Waals surface area (Å²) in [4.78, 5) is 23.5. The number of hydrogen-bond acceptors (Lipinski definition) is 3. The van der Waals surface area contributed by atoms with Crippen LogP contribution in [0.15, 0.2) is 48.5 Å². The van der Waals surface area contributed by atoms with Crippen LogP contribution in [0.2, 0.25) is 0 Å². The third-order valence-electron chi connectivity index (χ3n) is 2.92. The topological polar surface area (TPSA) is 66.4 Å². The SMILES string of the molecule is O=C(CCC(=O)c1ccc(F)cc1)Nc1ccccc1O. The summed E-state index contributed by atoms with van der Waals surface area (Å²) < 4.78 is 12.7. The number of phenols is 1. The second kappa shape index (κ2) is 6.65. The predicted molar refractivity (Wildman–Crippen MR) is 76.7 cm³/mol. The number of ketones is 1. The number of amides is 1. The van der Waals surface area contributed by atoms with Gasteiger partial charge in [0.05, 0.1) is 5.69 Å². The number of rotatable bonds is 5. The molecule has 1 amide bonds. The average molecular weight is 287 g/mol. The molecule has 2 N–H and O–H groups in total. The summed E-state index contributed by atoms with van der Waals surface area (Å²) in [6.07, 6.45) is 0.00953. The van der Waals surface area contributed by atoms with Gasteiger partial charge in [0, 0.05) is 18.4 Å². The van der Waals surface area contributed by atoms with Crippen molar-refractivity contribution in [3.8, 4) is 5.75 Å². The van der Waals surface area contributed by atoms with Crippen LogP contribution >= 0.6 is 0 Å². The van der Waals surface area contributed by atoms with Crippen LogP contribution in [0.4, 0.5) is 10.1 Å². The first-order valence-corrected chi connectivity index (χ1v) is 6.43. The lowest BCUT2D eigenvalue weighted by atomic mass is 10.1. The first-order valence-electron chi connectivity index (χ1n) is 6.43. The predicted octanol–water partition coefficient (Wildman–Crippen LogP) is 3.13. The fourth-order valence-electron chi connectivity index (χ4n) is 1.80. The van der Waals surface area contributed by atoms with Crippen molar-refractivity contribution in [1.29, 1.82) is 0 Å². The van der Waals surface area contributed by atoms with Gasteiger partial charge in [0.25, 0.3) is 0 Å². The molecule has 2 aromatic rings. The van der Waals surface area contributed by atoms with E-state index in [1.807, 2.05) is 0 Å². The Hall–Kier alpha value is -2.69. The van der Waals surface area contributed by atoms with E-state index in [-0.39, 0.29) is 30.3 Å². The van der Waals surface area contributed by atoms with E-state index in [2.05, 4.69) is 5.32 Å². The third-order valence-corrected chi connectivity index (χ3v) is 2.92. The number of Topliss-reactive ketones (excluding diaryl/α,β-unsaturated/α-hetero) is 1. The number of para-hydroxylation sites is 2. The monoisotopic (exact) mass is 287 g/mol. The van der Waals surface area contributed by atoms with Gasteiger partial charge in [-0.1, -0.05) is 12.1 Å². The highest BCUT2D eigenvalue weighted by Crippen LogP contribution is 2.21. The zero-order chi connectivity index (χ0) is 15.2. The number of anilines is 1. The van der Waals surface area contributed by atoms with Crippen LogP contribution in [-0.2, 0) is 4.79 Å². The Balaban J connectivity index is 1.88. The van der Waals surface area contributed by atoms with Gasteiger partial charge in [0.15, 0.2) is 5.78 Å². The molecule has 0 spiro atoms. The number of nitrogens with one attached hydrogen (secondary N) is 1. The minimum absolute atomic E-state index is 0.00938. The fourth-order valence-corrected chi connectivity index (χ4v) is 1.80. The molecule has 0 unspecified atom stereocenters. The maximum absolute atomic E-state index is 12.7. The van der Waals surface area contributed by atoms with Gasteiger partial charge in [-0.05, 0) is 36.4 Å². The van der Waals surface area contributed by atoms with Crippen molar-refractivity contribution in [3.63, 3.8) is 0 Å². The van der Waals surface area contributed by atoms with E-state index in [1.54, 1.807) is 18.2 Å². The molecular weight excluding hydrogens is 273 g/mol. The lowest BCUT2D eigenvalue weighted by Gasteiger charge is -2.06. The molecule has 0 fully saturated rings. The summed E-state index contributed by atoms with van der Waals surface area (Å²) in [5.41, 5.74) is 0.670. The van der Waals surface area contributed by atoms with E-state index < -0.39 is 5.82 Å². The quantitative estimate of drug-likeness (QED) is 0.656. The molecule has 0 aliphatic rings. The standard InChI is InChI=1S/C16H14FNO3/c17-12-7-5-11(6-8-12)14(19)9-10-16(21)18-13-3-1-2-4-15(13)20/h1-8,20H,9-10H2,(H,18,21). The number of carbonyl (C=O) groups is 2. The fraction of sp³-hybridized carbons (Fsp3) is 0.125. The lowest BCUT2D eigenvalue weighted by Crippen LogP contribution is -2.13. The summed E-state index contributed by atoms with van der Waals surface area (Å²) in [5, 5.41) is 12.0. The largest absolute Gasteiger partial charge is 0.506 e. The Morgan fingerprint density at radius 2 is 1.67 bits per heavy atom. The molecule has 0 radical (unpaired) electrons. The Morgan fingerprint density at radius 1 is 1.00 bits per heavy atom. The summed E-state index contributed by atoms with van der Waals surface area (Å²) >= 11 is 0. The molecular formula is C16H14FNO3. The molecule has 0 aliphatic carbocycles. The minimum Gasteiger partial charge on any atom is -0.506 e. The number of aromatic hydroxyl groups is 1. The van der Waals surface area contributed by atoms with E-state index in [0.717, 1.165) is 0 Å². The molecule has 0 bridgehead atoms. The van der Waals surface area contributed by atoms with Crippen molar-refractivity contribution in [2.45, 2.75) is 12.8 Å². The summed E-state index contributed by atoms with van der Waals surface area (Å²) in [7, 11) is 0. The van der Waals surface area contributed by atoms with Crippen LogP contribution in [0.3, 0.4) is 0 Å². The smallest absolute Gasteiger partial charge is 0.224 e. The third kappa shape index (κ3) is 4.14. The van der Waals surface area contributed by atoms with E-state index in [1.165, 1.54) is 30.3 Å². The molecule has 5 heteroatoms. The van der Waals surface area contributed by atoms with Crippen molar-refractivity contribution in [1.82, 2.24) is 0 Å². The van der Waals surface area contributed by atoms with E-state index in [9.17, 15) is 19.1 Å². The number of halogens is 1. The van der Waals surface area contributed by atoms with Gasteiger partial charge in [0.2, 0.25) is 5.91 Å². The van der Waals surface area contributed by atoms with Gasteiger partial charge < -0.3 is 10.4 Å². The molecule has 2 rings (SSSR count). The zero-order valence-electron chi connectivity index (χ0n) is 11.2. The Labute approximate surface area is 121 Å². The van der Waals surface area contributed by atoms with Crippen LogP contribution in [0.5, 0.6) is 5.75 Å². The molecule has 108 valence electrons. The second-order valence-corrected chi connectivity index (χ2v) is 4.50. The molecule has 4 nitrogen and oxygen atoms in total. The Bertz CT molecular complexity index is 653. The first-order chi connectivity index (χ1) is 10.1. The van der Waals surface area contributed by atoms with Gasteiger partial charge in [-0.2, -0.15) is 0 Å². The highest BCUT2D eigenvalue weighted by atomic mass is 19.1. The van der Waals surface area contributed by atoms with Crippen LogP contribution in [-0.4, -0.2) is 16.8 Å². The Kier molecular flexibility index (Phi) is 4.66. The van der Waals surface area contributed by atoms with Gasteiger partial charge in [-0.3, -0.25) is 9.59 Å². The number of benzene rings is 2. The molecule has 2 aromatic carbocycles. The maximum Gasteiger partial charge on any atom is 0.224 e. The van der Waals surface area contributed by atoms with Crippen LogP contribution in [0.1, 0.15) is 23.2 Å². The Morgan fingerprint density at radius 3 is 2.33 bits per heavy atom. The number of phenolic OH excluding ortho intramolecular Hbond substituents is 1. The van der Waals surface area contributed by atoms with Gasteiger partial charge in [-0.25, -0.2) is 4.39 Å². The van der Waals surface area contributed by atoms with E-state index in [0.29, 0.717) is 11.3 Å². The highest BCUT2D eigenvalue weighted by molar-refractivity contribution is 6.00.